The lowest BCUT2D eigenvalue weighted by Gasteiger charge is -2.25. The van der Waals surface area contributed by atoms with Crippen LogP contribution in [-0.2, 0) is 9.53 Å². The highest BCUT2D eigenvalue weighted by Crippen LogP contribution is 2.34. The molecule has 0 unspecified atom stereocenters. The Kier molecular flexibility index (Phi) is 6.37. The van der Waals surface area contributed by atoms with Crippen molar-refractivity contribution < 1.29 is 14.6 Å². The zero-order chi connectivity index (χ0) is 23.0. The zero-order valence-electron chi connectivity index (χ0n) is 17.1. The Bertz CT molecular complexity index is 1400. The maximum Gasteiger partial charge on any atom is 0.338 e. The van der Waals surface area contributed by atoms with Gasteiger partial charge in [-0.2, -0.15) is 0 Å². The van der Waals surface area contributed by atoms with E-state index in [-0.39, 0.29) is 16.3 Å². The normalized spacial score (nSPS) is 16.0. The third-order valence-electron chi connectivity index (χ3n) is 5.10. The van der Waals surface area contributed by atoms with Gasteiger partial charge in [-0.15, -0.1) is 0 Å². The Morgan fingerprint density at radius 1 is 1.34 bits per heavy atom. The molecule has 1 aliphatic heterocycles. The molecular weight excluding hydrogens is 516 g/mol. The molecule has 9 heteroatoms. The van der Waals surface area contributed by atoms with Crippen molar-refractivity contribution in [2.45, 2.75) is 19.4 Å². The van der Waals surface area contributed by atoms with Crippen LogP contribution in [0.2, 0.25) is 5.02 Å². The maximum absolute atomic E-state index is 13.5. The Morgan fingerprint density at radius 3 is 2.69 bits per heavy atom. The zero-order valence-corrected chi connectivity index (χ0v) is 20.3. The first kappa shape index (κ1) is 22.5. The van der Waals surface area contributed by atoms with Gasteiger partial charge >= 0.3 is 5.97 Å². The Balaban J connectivity index is 2.00. The molecule has 0 radical (unpaired) electrons. The molecule has 6 nitrogen and oxygen atoms in total. The number of aromatic nitrogens is 1. The van der Waals surface area contributed by atoms with E-state index in [1.54, 1.807) is 18.2 Å². The molecule has 1 N–H and O–H groups in total. The van der Waals surface area contributed by atoms with E-state index in [1.807, 2.05) is 37.3 Å². The van der Waals surface area contributed by atoms with Crippen molar-refractivity contribution in [3.05, 3.63) is 94.0 Å². The molecule has 0 saturated carbocycles. The molecule has 0 aliphatic carbocycles. The summed E-state index contributed by atoms with van der Waals surface area (Å²) in [5.41, 5.74) is 2.10. The molecule has 164 valence electrons. The summed E-state index contributed by atoms with van der Waals surface area (Å²) in [7, 11) is 1.32. The number of benzene rings is 2. The van der Waals surface area contributed by atoms with Gasteiger partial charge in [0.15, 0.2) is 4.80 Å². The van der Waals surface area contributed by atoms with Crippen LogP contribution in [0.15, 0.2) is 68.0 Å². The van der Waals surface area contributed by atoms with Crippen LogP contribution < -0.4 is 14.9 Å². The van der Waals surface area contributed by atoms with Crippen molar-refractivity contribution in [1.82, 2.24) is 4.57 Å². The highest BCUT2D eigenvalue weighted by Gasteiger charge is 2.33. The number of phenols is 1. The lowest BCUT2D eigenvalue weighted by molar-refractivity contribution is -0.136. The van der Waals surface area contributed by atoms with Crippen LogP contribution in [0.4, 0.5) is 0 Å². The SMILES string of the molecule is CCC1=C(C(=O)OC)[C@H](c2ccccc2)n2c(s/c(=C\c3cc(Cl)c(O)c(Br)c3)c2=O)=N1. The van der Waals surface area contributed by atoms with Crippen molar-refractivity contribution in [3.8, 4) is 5.75 Å². The summed E-state index contributed by atoms with van der Waals surface area (Å²) in [6, 6.07) is 12.0. The van der Waals surface area contributed by atoms with Gasteiger partial charge in [-0.05, 0) is 51.7 Å². The Morgan fingerprint density at radius 2 is 2.06 bits per heavy atom. The van der Waals surface area contributed by atoms with Crippen molar-refractivity contribution in [3.63, 3.8) is 0 Å². The third kappa shape index (κ3) is 3.94. The summed E-state index contributed by atoms with van der Waals surface area (Å²) >= 11 is 10.6. The lowest BCUT2D eigenvalue weighted by atomic mass is 9.95. The van der Waals surface area contributed by atoms with E-state index < -0.39 is 12.0 Å². The van der Waals surface area contributed by atoms with E-state index in [9.17, 15) is 14.7 Å². The number of hydrogen-bond donors (Lipinski definition) is 1. The summed E-state index contributed by atoms with van der Waals surface area (Å²) in [5, 5.41) is 10.1. The van der Waals surface area contributed by atoms with Gasteiger partial charge in [-0.3, -0.25) is 9.36 Å². The van der Waals surface area contributed by atoms with E-state index >= 15 is 0 Å². The summed E-state index contributed by atoms with van der Waals surface area (Å²) in [4.78, 5) is 31.4. The largest absolute Gasteiger partial charge is 0.505 e. The van der Waals surface area contributed by atoms with E-state index in [2.05, 4.69) is 20.9 Å². The molecule has 1 aliphatic rings. The molecule has 32 heavy (non-hydrogen) atoms. The number of aromatic hydroxyl groups is 1. The van der Waals surface area contributed by atoms with Crippen LogP contribution in [0.5, 0.6) is 5.75 Å². The number of halogens is 2. The molecule has 4 rings (SSSR count). The number of rotatable bonds is 4. The molecule has 0 bridgehead atoms. The van der Waals surface area contributed by atoms with Gasteiger partial charge in [0.2, 0.25) is 0 Å². The first-order valence-electron chi connectivity index (χ1n) is 9.71. The third-order valence-corrected chi connectivity index (χ3v) is 6.98. The first-order valence-corrected chi connectivity index (χ1v) is 11.7. The summed E-state index contributed by atoms with van der Waals surface area (Å²) in [6.07, 6.45) is 2.20. The number of carbonyl (C=O) groups is 1. The summed E-state index contributed by atoms with van der Waals surface area (Å²) in [6.45, 7) is 1.91. The number of methoxy groups -OCH3 is 1. The molecule has 0 fully saturated rings. The molecule has 0 amide bonds. The van der Waals surface area contributed by atoms with Gasteiger partial charge in [-0.25, -0.2) is 9.79 Å². The van der Waals surface area contributed by atoms with Gasteiger partial charge in [-0.1, -0.05) is 60.2 Å². The van der Waals surface area contributed by atoms with Crippen molar-refractivity contribution in [2.75, 3.05) is 7.11 Å². The number of carbonyl (C=O) groups excluding carboxylic acids is 1. The standard InChI is InChI=1S/C23H18BrClN2O4S/c1-3-16-18(22(30)31-2)19(13-7-5-4-6-8-13)27-21(29)17(32-23(27)26-16)11-12-9-14(24)20(28)15(25)10-12/h4-11,19,28H,3H2,1-2H3/b17-11-/t19-/m0/s1. The predicted molar refractivity (Wildman–Crippen MR) is 128 cm³/mol. The van der Waals surface area contributed by atoms with Gasteiger partial charge in [0.1, 0.15) is 5.75 Å². The van der Waals surface area contributed by atoms with Gasteiger partial charge < -0.3 is 9.84 Å². The second-order valence-electron chi connectivity index (χ2n) is 7.03. The number of hydrogen-bond acceptors (Lipinski definition) is 6. The highest BCUT2D eigenvalue weighted by molar-refractivity contribution is 9.10. The minimum Gasteiger partial charge on any atom is -0.505 e. The molecule has 3 aromatic rings. The van der Waals surface area contributed by atoms with Crippen LogP contribution >= 0.6 is 38.9 Å². The molecule has 2 aromatic carbocycles. The fourth-order valence-corrected chi connectivity index (χ4v) is 5.47. The first-order chi connectivity index (χ1) is 15.3. The van der Waals surface area contributed by atoms with Crippen LogP contribution in [0, 0.1) is 0 Å². The van der Waals surface area contributed by atoms with Crippen molar-refractivity contribution >= 4 is 50.9 Å². The number of esters is 1. The summed E-state index contributed by atoms with van der Waals surface area (Å²) in [5.74, 6) is -0.576. The lowest BCUT2D eigenvalue weighted by Crippen LogP contribution is -2.40. The smallest absolute Gasteiger partial charge is 0.338 e. The minimum atomic E-state index is -0.646. The summed E-state index contributed by atoms with van der Waals surface area (Å²) < 4.78 is 7.44. The molecule has 2 heterocycles. The molecule has 0 spiro atoms. The number of ether oxygens (including phenoxy) is 1. The van der Waals surface area contributed by atoms with E-state index in [4.69, 9.17) is 16.3 Å². The fraction of sp³-hybridized carbons (Fsp3) is 0.174. The Labute approximate surface area is 200 Å². The molecular formula is C23H18BrClN2O4S. The number of fused-ring (bicyclic) bond motifs is 1. The molecule has 1 atom stereocenters. The van der Waals surface area contributed by atoms with Crippen molar-refractivity contribution in [2.24, 2.45) is 4.99 Å². The number of nitrogens with zero attached hydrogens (tertiary/aromatic N) is 2. The number of thiazole rings is 1. The van der Waals surface area contributed by atoms with Gasteiger partial charge in [0, 0.05) is 0 Å². The Hall–Kier alpha value is -2.68. The minimum absolute atomic E-state index is 0.0651. The van der Waals surface area contributed by atoms with Crippen LogP contribution in [0.25, 0.3) is 6.08 Å². The molecule has 1 aromatic heterocycles. The average molecular weight is 534 g/mol. The van der Waals surface area contributed by atoms with Crippen LogP contribution in [-0.4, -0.2) is 22.8 Å². The monoisotopic (exact) mass is 532 g/mol. The number of allylic oxidation sites excluding steroid dienone is 1. The quantitative estimate of drug-likeness (QED) is 0.516. The number of phenolic OH excluding ortho intramolecular Hbond substituents is 1. The van der Waals surface area contributed by atoms with Crippen LogP contribution in [0.1, 0.15) is 30.5 Å². The average Bonchev–Trinajstić information content (AvgIpc) is 3.10. The van der Waals surface area contributed by atoms with E-state index in [0.29, 0.717) is 37.1 Å². The van der Waals surface area contributed by atoms with Crippen molar-refractivity contribution in [1.29, 1.82) is 0 Å². The van der Waals surface area contributed by atoms with E-state index in [0.717, 1.165) is 5.56 Å². The van der Waals surface area contributed by atoms with E-state index in [1.165, 1.54) is 23.0 Å². The van der Waals surface area contributed by atoms with Gasteiger partial charge in [0.25, 0.3) is 5.56 Å². The topological polar surface area (TPSA) is 80.9 Å². The predicted octanol–water partition coefficient (Wildman–Crippen LogP) is 3.92. The van der Waals surface area contributed by atoms with Gasteiger partial charge in [0.05, 0.1) is 38.4 Å². The fourth-order valence-electron chi connectivity index (χ4n) is 3.63. The highest BCUT2D eigenvalue weighted by atomic mass is 79.9. The maximum atomic E-state index is 13.5. The second-order valence-corrected chi connectivity index (χ2v) is 9.30. The second kappa shape index (κ2) is 9.05. The van der Waals surface area contributed by atoms with Crippen LogP contribution in [0.3, 0.4) is 0 Å². The molecule has 0 saturated heterocycles.